The SMILES string of the molecule is CCN[C@@H](CC(C)C)C(=O)N[C@@H](Cc1ccccc1)C(=O)NC. The van der Waals surface area contributed by atoms with E-state index < -0.39 is 6.04 Å². The lowest BCUT2D eigenvalue weighted by Crippen LogP contribution is -2.53. The molecule has 0 saturated heterocycles. The van der Waals surface area contributed by atoms with Crippen LogP contribution in [-0.4, -0.2) is 37.5 Å². The summed E-state index contributed by atoms with van der Waals surface area (Å²) < 4.78 is 0. The first kappa shape index (κ1) is 19.2. The minimum absolute atomic E-state index is 0.120. The van der Waals surface area contributed by atoms with Crippen molar-refractivity contribution in [3.05, 3.63) is 35.9 Å². The molecule has 0 bridgehead atoms. The Balaban J connectivity index is 2.78. The van der Waals surface area contributed by atoms with Crippen molar-refractivity contribution >= 4 is 11.8 Å². The molecule has 23 heavy (non-hydrogen) atoms. The Morgan fingerprint density at radius 2 is 1.70 bits per heavy atom. The van der Waals surface area contributed by atoms with Crippen molar-refractivity contribution in [2.75, 3.05) is 13.6 Å². The fraction of sp³-hybridized carbons (Fsp3) is 0.556. The van der Waals surface area contributed by atoms with E-state index in [1.54, 1.807) is 7.05 Å². The largest absolute Gasteiger partial charge is 0.357 e. The Hall–Kier alpha value is -1.88. The minimum atomic E-state index is -0.566. The molecule has 2 atom stereocenters. The summed E-state index contributed by atoms with van der Waals surface area (Å²) in [6.45, 7) is 6.85. The van der Waals surface area contributed by atoms with Crippen molar-refractivity contribution in [2.45, 2.75) is 45.7 Å². The molecule has 1 aromatic carbocycles. The Morgan fingerprint density at radius 3 is 2.22 bits per heavy atom. The Morgan fingerprint density at radius 1 is 1.04 bits per heavy atom. The molecule has 128 valence electrons. The number of hydrogen-bond acceptors (Lipinski definition) is 3. The lowest BCUT2D eigenvalue weighted by atomic mass is 10.0. The van der Waals surface area contributed by atoms with Crippen LogP contribution in [0.4, 0.5) is 0 Å². The van der Waals surface area contributed by atoms with Crippen molar-refractivity contribution in [3.8, 4) is 0 Å². The zero-order chi connectivity index (χ0) is 17.2. The molecule has 1 aromatic rings. The smallest absolute Gasteiger partial charge is 0.242 e. The highest BCUT2D eigenvalue weighted by molar-refractivity contribution is 5.89. The van der Waals surface area contributed by atoms with Gasteiger partial charge in [0.15, 0.2) is 0 Å². The third kappa shape index (κ3) is 6.82. The summed E-state index contributed by atoms with van der Waals surface area (Å²) in [4.78, 5) is 24.6. The summed E-state index contributed by atoms with van der Waals surface area (Å²) in [5.41, 5.74) is 1.02. The third-order valence-electron chi connectivity index (χ3n) is 3.64. The molecular weight excluding hydrogens is 290 g/mol. The van der Waals surface area contributed by atoms with Gasteiger partial charge in [0.25, 0.3) is 0 Å². The number of rotatable bonds is 9. The number of likely N-dealkylation sites (N-methyl/N-ethyl adjacent to an activating group) is 2. The average Bonchev–Trinajstić information content (AvgIpc) is 2.53. The van der Waals surface area contributed by atoms with Crippen LogP contribution in [0.5, 0.6) is 0 Å². The third-order valence-corrected chi connectivity index (χ3v) is 3.64. The van der Waals surface area contributed by atoms with Gasteiger partial charge in [0.1, 0.15) is 6.04 Å². The molecule has 0 aliphatic carbocycles. The van der Waals surface area contributed by atoms with Gasteiger partial charge in [0.05, 0.1) is 6.04 Å². The zero-order valence-electron chi connectivity index (χ0n) is 14.6. The summed E-state index contributed by atoms with van der Waals surface area (Å²) in [5, 5.41) is 8.72. The predicted molar refractivity (Wildman–Crippen MR) is 93.1 cm³/mol. The molecule has 0 heterocycles. The van der Waals surface area contributed by atoms with Crippen molar-refractivity contribution in [2.24, 2.45) is 5.92 Å². The second kappa shape index (κ2) is 10.0. The van der Waals surface area contributed by atoms with Gasteiger partial charge in [-0.1, -0.05) is 51.1 Å². The molecule has 3 N–H and O–H groups in total. The zero-order valence-corrected chi connectivity index (χ0v) is 14.6. The van der Waals surface area contributed by atoms with E-state index in [1.165, 1.54) is 0 Å². The standard InChI is InChI=1S/C18H29N3O2/c1-5-20-15(11-13(2)3)18(23)21-16(17(22)19-4)12-14-9-7-6-8-10-14/h6-10,13,15-16,20H,5,11-12H2,1-4H3,(H,19,22)(H,21,23)/t15-,16-/m0/s1. The van der Waals surface area contributed by atoms with Gasteiger partial charge in [0.2, 0.25) is 11.8 Å². The molecule has 0 saturated carbocycles. The molecule has 1 rings (SSSR count). The van der Waals surface area contributed by atoms with E-state index in [9.17, 15) is 9.59 Å². The van der Waals surface area contributed by atoms with E-state index in [2.05, 4.69) is 29.8 Å². The Kier molecular flexibility index (Phi) is 8.33. The summed E-state index contributed by atoms with van der Waals surface area (Å²) in [5.74, 6) is 0.101. The van der Waals surface area contributed by atoms with Crippen LogP contribution in [0.3, 0.4) is 0 Å². The molecule has 0 aromatic heterocycles. The summed E-state index contributed by atoms with van der Waals surface area (Å²) in [6.07, 6.45) is 1.22. The monoisotopic (exact) mass is 319 g/mol. The van der Waals surface area contributed by atoms with Crippen molar-refractivity contribution < 1.29 is 9.59 Å². The van der Waals surface area contributed by atoms with Gasteiger partial charge < -0.3 is 16.0 Å². The van der Waals surface area contributed by atoms with Crippen molar-refractivity contribution in [1.82, 2.24) is 16.0 Å². The van der Waals surface area contributed by atoms with Gasteiger partial charge in [-0.15, -0.1) is 0 Å². The van der Waals surface area contributed by atoms with Gasteiger partial charge >= 0.3 is 0 Å². The Labute approximate surface area is 139 Å². The van der Waals surface area contributed by atoms with E-state index in [0.717, 1.165) is 12.0 Å². The normalized spacial score (nSPS) is 13.4. The number of carbonyl (C=O) groups excluding carboxylic acids is 2. The fourth-order valence-electron chi connectivity index (χ4n) is 2.51. The fourth-order valence-corrected chi connectivity index (χ4v) is 2.51. The lowest BCUT2D eigenvalue weighted by molar-refractivity contribution is -0.130. The second-order valence-electron chi connectivity index (χ2n) is 6.10. The maximum atomic E-state index is 12.5. The number of carbonyl (C=O) groups is 2. The second-order valence-corrected chi connectivity index (χ2v) is 6.10. The predicted octanol–water partition coefficient (Wildman–Crippen LogP) is 1.48. The average molecular weight is 319 g/mol. The van der Waals surface area contributed by atoms with Crippen molar-refractivity contribution in [3.63, 3.8) is 0 Å². The van der Waals surface area contributed by atoms with Gasteiger partial charge in [-0.05, 0) is 24.4 Å². The molecule has 0 unspecified atom stereocenters. The maximum absolute atomic E-state index is 12.5. The highest BCUT2D eigenvalue weighted by atomic mass is 16.2. The highest BCUT2D eigenvalue weighted by Gasteiger charge is 2.25. The highest BCUT2D eigenvalue weighted by Crippen LogP contribution is 2.07. The number of hydrogen-bond donors (Lipinski definition) is 3. The maximum Gasteiger partial charge on any atom is 0.242 e. The van der Waals surface area contributed by atoms with Gasteiger partial charge in [0, 0.05) is 13.5 Å². The van der Waals surface area contributed by atoms with Crippen LogP contribution < -0.4 is 16.0 Å². The lowest BCUT2D eigenvalue weighted by Gasteiger charge is -2.23. The number of nitrogens with one attached hydrogen (secondary N) is 3. The summed E-state index contributed by atoms with van der Waals surface area (Å²) >= 11 is 0. The topological polar surface area (TPSA) is 70.2 Å². The summed E-state index contributed by atoms with van der Waals surface area (Å²) in [7, 11) is 1.59. The first-order valence-electron chi connectivity index (χ1n) is 8.27. The minimum Gasteiger partial charge on any atom is -0.357 e. The first-order chi connectivity index (χ1) is 11.0. The molecule has 0 aliphatic heterocycles. The van der Waals surface area contributed by atoms with Crippen LogP contribution in [0.25, 0.3) is 0 Å². The van der Waals surface area contributed by atoms with E-state index in [1.807, 2.05) is 37.3 Å². The molecule has 5 nitrogen and oxygen atoms in total. The van der Waals surface area contributed by atoms with Gasteiger partial charge in [-0.3, -0.25) is 9.59 Å². The van der Waals surface area contributed by atoms with E-state index in [-0.39, 0.29) is 17.9 Å². The van der Waals surface area contributed by atoms with Crippen LogP contribution in [0.1, 0.15) is 32.8 Å². The quantitative estimate of drug-likeness (QED) is 0.646. The van der Waals surface area contributed by atoms with Crippen LogP contribution in [-0.2, 0) is 16.0 Å². The van der Waals surface area contributed by atoms with Crippen molar-refractivity contribution in [1.29, 1.82) is 0 Å². The molecular formula is C18H29N3O2. The first-order valence-corrected chi connectivity index (χ1v) is 8.27. The molecule has 0 fully saturated rings. The number of amides is 2. The van der Waals surface area contributed by atoms with Gasteiger partial charge in [-0.2, -0.15) is 0 Å². The number of benzene rings is 1. The van der Waals surface area contributed by atoms with E-state index >= 15 is 0 Å². The molecule has 0 radical (unpaired) electrons. The molecule has 0 spiro atoms. The Bertz CT molecular complexity index is 488. The summed E-state index contributed by atoms with van der Waals surface area (Å²) in [6, 6.07) is 8.86. The van der Waals surface area contributed by atoms with Crippen LogP contribution in [0.15, 0.2) is 30.3 Å². The van der Waals surface area contributed by atoms with E-state index in [0.29, 0.717) is 18.9 Å². The van der Waals surface area contributed by atoms with E-state index in [4.69, 9.17) is 0 Å². The van der Waals surface area contributed by atoms with Crippen LogP contribution >= 0.6 is 0 Å². The van der Waals surface area contributed by atoms with Gasteiger partial charge in [-0.25, -0.2) is 0 Å². The molecule has 5 heteroatoms. The molecule has 2 amide bonds. The molecule has 0 aliphatic rings. The van der Waals surface area contributed by atoms with Crippen LogP contribution in [0.2, 0.25) is 0 Å². The van der Waals surface area contributed by atoms with Crippen LogP contribution in [0, 0.1) is 5.92 Å².